The first-order valence-corrected chi connectivity index (χ1v) is 7.20. The second-order valence-electron chi connectivity index (χ2n) is 5.49. The summed E-state index contributed by atoms with van der Waals surface area (Å²) in [4.78, 5) is 34.1. The average Bonchev–Trinajstić information content (AvgIpc) is 3.07. The lowest BCUT2D eigenvalue weighted by Crippen LogP contribution is -2.41. The number of hydrogen-bond donors (Lipinski definition) is 1. The molecule has 2 rings (SSSR count). The number of aryl methyl sites for hydroxylation is 1. The number of carbonyl (C=O) groups excluding carboxylic acids is 2. The zero-order valence-electron chi connectivity index (χ0n) is 12.6. The molecule has 1 heterocycles. The van der Waals surface area contributed by atoms with Crippen molar-refractivity contribution in [3.63, 3.8) is 0 Å². The van der Waals surface area contributed by atoms with Crippen molar-refractivity contribution >= 4 is 17.6 Å². The fourth-order valence-corrected chi connectivity index (χ4v) is 2.51. The Kier molecular flexibility index (Phi) is 4.79. The number of nitro groups is 1. The molecule has 1 amide bonds. The topological polar surface area (TPSA) is 103 Å². The number of amides is 1. The fourth-order valence-electron chi connectivity index (χ4n) is 2.51. The van der Waals surface area contributed by atoms with E-state index in [1.54, 1.807) is 0 Å². The van der Waals surface area contributed by atoms with Crippen molar-refractivity contribution in [1.82, 2.24) is 9.88 Å². The second-order valence-corrected chi connectivity index (χ2v) is 5.49. The Morgan fingerprint density at radius 3 is 2.64 bits per heavy atom. The molecule has 1 aliphatic rings. The van der Waals surface area contributed by atoms with Crippen molar-refractivity contribution < 1.29 is 19.2 Å². The van der Waals surface area contributed by atoms with Crippen LogP contribution in [0.25, 0.3) is 0 Å². The summed E-state index contributed by atoms with van der Waals surface area (Å²) in [7, 11) is 1.51. The third kappa shape index (κ3) is 3.63. The second kappa shape index (κ2) is 6.59. The quantitative estimate of drug-likeness (QED) is 0.505. The molecule has 0 aliphatic heterocycles. The summed E-state index contributed by atoms with van der Waals surface area (Å²) >= 11 is 0. The van der Waals surface area contributed by atoms with E-state index in [1.807, 2.05) is 0 Å². The normalized spacial score (nSPS) is 16.3. The summed E-state index contributed by atoms with van der Waals surface area (Å²) in [6.07, 6.45) is 4.34. The van der Waals surface area contributed by atoms with Gasteiger partial charge in [-0.25, -0.2) is 4.79 Å². The molecule has 1 saturated carbocycles. The molecule has 1 N–H and O–H groups in total. The van der Waals surface area contributed by atoms with Crippen LogP contribution in [-0.4, -0.2) is 33.5 Å². The van der Waals surface area contributed by atoms with E-state index in [2.05, 4.69) is 5.32 Å². The number of ether oxygens (including phenoxy) is 1. The summed E-state index contributed by atoms with van der Waals surface area (Å²) in [5, 5.41) is 13.5. The van der Waals surface area contributed by atoms with E-state index < -0.39 is 17.0 Å². The number of nitrogens with zero attached hydrogens (tertiary/aromatic N) is 2. The molecular formula is C14H19N3O5. The van der Waals surface area contributed by atoms with Crippen molar-refractivity contribution in [1.29, 1.82) is 0 Å². The van der Waals surface area contributed by atoms with E-state index in [1.165, 1.54) is 24.7 Å². The lowest BCUT2D eigenvalue weighted by Gasteiger charge is -2.17. The molecule has 8 nitrogen and oxygen atoms in total. The van der Waals surface area contributed by atoms with Crippen LogP contribution in [0.15, 0.2) is 12.3 Å². The van der Waals surface area contributed by atoms with Crippen LogP contribution in [0.2, 0.25) is 0 Å². The average molecular weight is 309 g/mol. The summed E-state index contributed by atoms with van der Waals surface area (Å²) in [5.41, 5.74) is -0.162. The van der Waals surface area contributed by atoms with Crippen LogP contribution in [0, 0.1) is 10.1 Å². The molecule has 0 spiro atoms. The Labute approximate surface area is 127 Å². The van der Waals surface area contributed by atoms with Crippen LogP contribution >= 0.6 is 0 Å². The van der Waals surface area contributed by atoms with Crippen molar-refractivity contribution in [3.05, 3.63) is 28.1 Å². The number of carbonyl (C=O) groups is 2. The van der Waals surface area contributed by atoms with Crippen molar-refractivity contribution in [2.45, 2.75) is 44.8 Å². The maximum atomic E-state index is 12.0. The van der Waals surface area contributed by atoms with Crippen LogP contribution in [0.3, 0.4) is 0 Å². The largest absolute Gasteiger partial charge is 0.448 e. The zero-order valence-corrected chi connectivity index (χ0v) is 12.6. The molecule has 120 valence electrons. The highest BCUT2D eigenvalue weighted by Gasteiger charge is 2.25. The summed E-state index contributed by atoms with van der Waals surface area (Å²) in [6, 6.07) is 1.27. The standard InChI is InChI=1S/C14H19N3O5/c1-9(13(18)15-10-5-3-4-6-10)22-14(19)12-7-11(17(20)21)8-16(12)2/h7-10H,3-6H2,1-2H3,(H,15,18). The number of hydrogen-bond acceptors (Lipinski definition) is 5. The van der Waals surface area contributed by atoms with E-state index in [4.69, 9.17) is 4.74 Å². The lowest BCUT2D eigenvalue weighted by atomic mass is 10.2. The van der Waals surface area contributed by atoms with Crippen molar-refractivity contribution in [2.24, 2.45) is 7.05 Å². The van der Waals surface area contributed by atoms with Gasteiger partial charge in [0.25, 0.3) is 11.6 Å². The maximum absolute atomic E-state index is 12.0. The van der Waals surface area contributed by atoms with Gasteiger partial charge in [-0.2, -0.15) is 0 Å². The summed E-state index contributed by atoms with van der Waals surface area (Å²) in [6.45, 7) is 1.49. The molecule has 1 aromatic heterocycles. The van der Waals surface area contributed by atoms with Gasteiger partial charge in [0.2, 0.25) is 0 Å². The number of nitrogens with one attached hydrogen (secondary N) is 1. The summed E-state index contributed by atoms with van der Waals surface area (Å²) < 4.78 is 6.40. The SMILES string of the molecule is CC(OC(=O)c1cc([N+](=O)[O-])cn1C)C(=O)NC1CCCC1. The first-order valence-electron chi connectivity index (χ1n) is 7.20. The van der Waals surface area contributed by atoms with Crippen molar-refractivity contribution in [2.75, 3.05) is 0 Å². The van der Waals surface area contributed by atoms with Gasteiger partial charge in [-0.15, -0.1) is 0 Å². The third-order valence-corrected chi connectivity index (χ3v) is 3.77. The maximum Gasteiger partial charge on any atom is 0.355 e. The van der Waals surface area contributed by atoms with Crippen LogP contribution in [-0.2, 0) is 16.6 Å². The Balaban J connectivity index is 1.95. The third-order valence-electron chi connectivity index (χ3n) is 3.77. The Hall–Kier alpha value is -2.38. The van der Waals surface area contributed by atoms with Crippen LogP contribution in [0.1, 0.15) is 43.1 Å². The van der Waals surface area contributed by atoms with Gasteiger partial charge in [0.05, 0.1) is 11.1 Å². The fraction of sp³-hybridized carbons (Fsp3) is 0.571. The molecule has 0 bridgehead atoms. The molecule has 1 unspecified atom stereocenters. The highest BCUT2D eigenvalue weighted by atomic mass is 16.6. The minimum absolute atomic E-state index is 0.0345. The van der Waals surface area contributed by atoms with Crippen LogP contribution in [0.5, 0.6) is 0 Å². The molecule has 8 heteroatoms. The molecular weight excluding hydrogens is 290 g/mol. The smallest absolute Gasteiger partial charge is 0.355 e. The van der Waals surface area contributed by atoms with E-state index in [0.29, 0.717) is 0 Å². The predicted octanol–water partition coefficient (Wildman–Crippen LogP) is 1.54. The summed E-state index contributed by atoms with van der Waals surface area (Å²) in [5.74, 6) is -1.10. The number of rotatable bonds is 5. The number of aromatic nitrogens is 1. The Morgan fingerprint density at radius 2 is 2.09 bits per heavy atom. The van der Waals surface area contributed by atoms with E-state index in [0.717, 1.165) is 31.7 Å². The monoisotopic (exact) mass is 309 g/mol. The van der Waals surface area contributed by atoms with Gasteiger partial charge < -0.3 is 14.6 Å². The van der Waals surface area contributed by atoms with E-state index in [9.17, 15) is 19.7 Å². The number of esters is 1. The van der Waals surface area contributed by atoms with Gasteiger partial charge in [-0.1, -0.05) is 12.8 Å². The molecule has 1 aromatic rings. The first-order chi connectivity index (χ1) is 10.4. The van der Waals surface area contributed by atoms with Gasteiger partial charge in [0.15, 0.2) is 6.10 Å². The Bertz CT molecular complexity index is 589. The van der Waals surface area contributed by atoms with Gasteiger partial charge in [0.1, 0.15) is 5.69 Å². The highest BCUT2D eigenvalue weighted by Crippen LogP contribution is 2.19. The molecule has 0 aromatic carbocycles. The van der Waals surface area contributed by atoms with Gasteiger partial charge in [0, 0.05) is 19.2 Å². The minimum atomic E-state index is -0.943. The highest BCUT2D eigenvalue weighted by molar-refractivity contribution is 5.91. The van der Waals surface area contributed by atoms with E-state index >= 15 is 0 Å². The van der Waals surface area contributed by atoms with Gasteiger partial charge in [-0.3, -0.25) is 14.9 Å². The Morgan fingerprint density at radius 1 is 1.45 bits per heavy atom. The minimum Gasteiger partial charge on any atom is -0.448 e. The molecule has 1 aliphatic carbocycles. The lowest BCUT2D eigenvalue weighted by molar-refractivity contribution is -0.384. The molecule has 22 heavy (non-hydrogen) atoms. The zero-order chi connectivity index (χ0) is 16.3. The molecule has 0 radical (unpaired) electrons. The van der Waals surface area contributed by atoms with Gasteiger partial charge >= 0.3 is 5.97 Å². The molecule has 1 atom stereocenters. The molecule has 1 fully saturated rings. The van der Waals surface area contributed by atoms with E-state index in [-0.39, 0.29) is 23.3 Å². The molecule has 0 saturated heterocycles. The van der Waals surface area contributed by atoms with Crippen LogP contribution in [0.4, 0.5) is 5.69 Å². The van der Waals surface area contributed by atoms with Crippen LogP contribution < -0.4 is 5.32 Å². The predicted molar refractivity (Wildman–Crippen MR) is 77.3 cm³/mol. The first kappa shape index (κ1) is 16.0. The van der Waals surface area contributed by atoms with Crippen molar-refractivity contribution in [3.8, 4) is 0 Å². The van der Waals surface area contributed by atoms with Gasteiger partial charge in [-0.05, 0) is 19.8 Å².